The summed E-state index contributed by atoms with van der Waals surface area (Å²) in [7, 11) is 0. The zero-order chi connectivity index (χ0) is 20.2. The smallest absolute Gasteiger partial charge is 0.191 e. The van der Waals surface area contributed by atoms with E-state index in [0.717, 1.165) is 52.5 Å². The molecule has 0 radical (unpaired) electrons. The number of thioether (sulfide) groups is 1. The lowest BCUT2D eigenvalue weighted by Crippen LogP contribution is -2.06. The number of ketones is 1. The molecule has 0 fully saturated rings. The summed E-state index contributed by atoms with van der Waals surface area (Å²) < 4.78 is 4.24. The lowest BCUT2D eigenvalue weighted by atomic mass is 10.1. The molecule has 0 saturated heterocycles. The van der Waals surface area contributed by atoms with Crippen LogP contribution in [0.15, 0.2) is 66.0 Å². The van der Waals surface area contributed by atoms with E-state index in [-0.39, 0.29) is 5.78 Å². The van der Waals surface area contributed by atoms with E-state index in [1.165, 1.54) is 11.8 Å². The van der Waals surface area contributed by atoms with Crippen LogP contribution in [0, 0.1) is 0 Å². The molecule has 0 aliphatic carbocycles. The minimum Gasteiger partial charge on any atom is -0.347 e. The molecular formula is C23H24N4OS. The standard InChI is InChI=1S/C23H24N4OS/c1-3-14-27-22(17-10-6-5-7-11-17)24-25-23(27)29-16-21(28)19-15-26(4-2)20-13-9-8-12-18(19)20/h5-13,15H,3-4,14,16H2,1-2H3. The molecule has 2 aromatic heterocycles. The van der Waals surface area contributed by atoms with Gasteiger partial charge in [-0.1, -0.05) is 67.2 Å². The van der Waals surface area contributed by atoms with E-state index in [2.05, 4.69) is 39.2 Å². The monoisotopic (exact) mass is 404 g/mol. The van der Waals surface area contributed by atoms with Gasteiger partial charge in [0.25, 0.3) is 0 Å². The number of nitrogens with zero attached hydrogens (tertiary/aromatic N) is 4. The third kappa shape index (κ3) is 3.85. The van der Waals surface area contributed by atoms with E-state index in [1.807, 2.05) is 54.7 Å². The van der Waals surface area contributed by atoms with Crippen LogP contribution in [-0.4, -0.2) is 30.9 Å². The van der Waals surface area contributed by atoms with Crippen LogP contribution in [0.3, 0.4) is 0 Å². The second kappa shape index (κ2) is 8.66. The fraction of sp³-hybridized carbons (Fsp3) is 0.261. The molecule has 2 aromatic carbocycles. The van der Waals surface area contributed by atoms with E-state index >= 15 is 0 Å². The van der Waals surface area contributed by atoms with Crippen molar-refractivity contribution in [1.29, 1.82) is 0 Å². The molecule has 2 heterocycles. The van der Waals surface area contributed by atoms with Crippen molar-refractivity contribution < 1.29 is 4.79 Å². The quantitative estimate of drug-likeness (QED) is 0.295. The first-order valence-electron chi connectivity index (χ1n) is 9.95. The Morgan fingerprint density at radius 1 is 1.00 bits per heavy atom. The van der Waals surface area contributed by atoms with Crippen molar-refractivity contribution >= 4 is 28.4 Å². The molecule has 0 aliphatic rings. The van der Waals surface area contributed by atoms with Gasteiger partial charge in [-0.25, -0.2) is 0 Å². The highest BCUT2D eigenvalue weighted by Crippen LogP contribution is 2.27. The number of Topliss-reactive ketones (excluding diaryl/α,β-unsaturated/α-hetero) is 1. The maximum absolute atomic E-state index is 13.0. The van der Waals surface area contributed by atoms with Crippen molar-refractivity contribution in [1.82, 2.24) is 19.3 Å². The van der Waals surface area contributed by atoms with Gasteiger partial charge >= 0.3 is 0 Å². The summed E-state index contributed by atoms with van der Waals surface area (Å²) in [5.74, 6) is 1.31. The van der Waals surface area contributed by atoms with Crippen LogP contribution in [0.2, 0.25) is 0 Å². The number of carbonyl (C=O) groups is 1. The van der Waals surface area contributed by atoms with Crippen molar-refractivity contribution in [2.75, 3.05) is 5.75 Å². The molecule has 0 unspecified atom stereocenters. The summed E-state index contributed by atoms with van der Waals surface area (Å²) in [4.78, 5) is 13.0. The van der Waals surface area contributed by atoms with E-state index < -0.39 is 0 Å². The molecule has 0 saturated carbocycles. The number of carbonyl (C=O) groups excluding carboxylic acids is 1. The van der Waals surface area contributed by atoms with Gasteiger partial charge < -0.3 is 9.13 Å². The molecule has 4 rings (SSSR count). The predicted octanol–water partition coefficient (Wildman–Crippen LogP) is 5.30. The van der Waals surface area contributed by atoms with E-state index in [1.54, 1.807) is 0 Å². The van der Waals surface area contributed by atoms with Gasteiger partial charge in [-0.3, -0.25) is 4.79 Å². The number of benzene rings is 2. The molecule has 0 N–H and O–H groups in total. The summed E-state index contributed by atoms with van der Waals surface area (Å²) in [5.41, 5.74) is 2.92. The molecule has 0 atom stereocenters. The molecule has 4 aromatic rings. The Kier molecular flexibility index (Phi) is 5.81. The minimum atomic E-state index is 0.116. The average molecular weight is 405 g/mol. The molecule has 148 valence electrons. The molecule has 6 heteroatoms. The van der Waals surface area contributed by atoms with Crippen molar-refractivity contribution in [2.45, 2.75) is 38.5 Å². The zero-order valence-electron chi connectivity index (χ0n) is 16.7. The first-order chi connectivity index (χ1) is 14.2. The minimum absolute atomic E-state index is 0.116. The van der Waals surface area contributed by atoms with Gasteiger partial charge in [0.05, 0.1) is 5.75 Å². The topological polar surface area (TPSA) is 52.7 Å². The van der Waals surface area contributed by atoms with E-state index in [0.29, 0.717) is 5.75 Å². The van der Waals surface area contributed by atoms with E-state index in [4.69, 9.17) is 0 Å². The summed E-state index contributed by atoms with van der Waals surface area (Å²) in [5, 5.41) is 10.6. The van der Waals surface area contributed by atoms with Crippen molar-refractivity contribution in [3.8, 4) is 11.4 Å². The lowest BCUT2D eigenvalue weighted by molar-refractivity contribution is 0.102. The van der Waals surface area contributed by atoms with Crippen LogP contribution in [-0.2, 0) is 13.1 Å². The second-order valence-corrected chi connectivity index (χ2v) is 7.82. The van der Waals surface area contributed by atoms with Crippen LogP contribution in [0.25, 0.3) is 22.3 Å². The van der Waals surface area contributed by atoms with Gasteiger partial charge in [0.2, 0.25) is 0 Å². The Morgan fingerprint density at radius 3 is 2.52 bits per heavy atom. The number of hydrogen-bond acceptors (Lipinski definition) is 4. The molecule has 29 heavy (non-hydrogen) atoms. The first-order valence-corrected chi connectivity index (χ1v) is 10.9. The second-order valence-electron chi connectivity index (χ2n) is 6.88. The average Bonchev–Trinajstić information content (AvgIpc) is 3.34. The number of aromatic nitrogens is 4. The lowest BCUT2D eigenvalue weighted by Gasteiger charge is -2.08. The summed E-state index contributed by atoms with van der Waals surface area (Å²) in [6.45, 7) is 5.89. The summed E-state index contributed by atoms with van der Waals surface area (Å²) in [6.07, 6.45) is 2.95. The summed E-state index contributed by atoms with van der Waals surface area (Å²) in [6, 6.07) is 18.1. The fourth-order valence-corrected chi connectivity index (χ4v) is 4.41. The highest BCUT2D eigenvalue weighted by atomic mass is 32.2. The van der Waals surface area contributed by atoms with Crippen molar-refractivity contribution in [3.05, 3.63) is 66.4 Å². The molecule has 0 spiro atoms. The zero-order valence-corrected chi connectivity index (χ0v) is 17.5. The Balaban J connectivity index is 1.58. The highest BCUT2D eigenvalue weighted by Gasteiger charge is 2.18. The molecular weight excluding hydrogens is 380 g/mol. The Hall–Kier alpha value is -2.86. The number of fused-ring (bicyclic) bond motifs is 1. The van der Waals surface area contributed by atoms with Gasteiger partial charge in [0.1, 0.15) is 0 Å². The highest BCUT2D eigenvalue weighted by molar-refractivity contribution is 7.99. The van der Waals surface area contributed by atoms with Crippen molar-refractivity contribution in [3.63, 3.8) is 0 Å². The third-order valence-corrected chi connectivity index (χ3v) is 5.92. The molecule has 0 bridgehead atoms. The van der Waals surface area contributed by atoms with E-state index in [9.17, 15) is 4.79 Å². The van der Waals surface area contributed by atoms with Crippen LogP contribution >= 0.6 is 11.8 Å². The molecule has 0 aliphatic heterocycles. The normalized spacial score (nSPS) is 11.2. The fourth-order valence-electron chi connectivity index (χ4n) is 3.56. The van der Waals surface area contributed by atoms with Crippen LogP contribution in [0.1, 0.15) is 30.6 Å². The van der Waals surface area contributed by atoms with Gasteiger partial charge in [-0.15, -0.1) is 10.2 Å². The maximum atomic E-state index is 13.0. The molecule has 0 amide bonds. The number of hydrogen-bond donors (Lipinski definition) is 0. The number of aryl methyl sites for hydroxylation is 1. The van der Waals surface area contributed by atoms with Crippen LogP contribution < -0.4 is 0 Å². The SMILES string of the molecule is CCCn1c(SCC(=O)c2cn(CC)c3ccccc23)nnc1-c1ccccc1. The van der Waals surface area contributed by atoms with Gasteiger partial charge in [0, 0.05) is 41.3 Å². The Bertz CT molecular complexity index is 1130. The number of rotatable bonds is 8. The largest absolute Gasteiger partial charge is 0.347 e. The molecule has 5 nitrogen and oxygen atoms in total. The van der Waals surface area contributed by atoms with Crippen molar-refractivity contribution in [2.24, 2.45) is 0 Å². The Morgan fingerprint density at radius 2 is 1.76 bits per heavy atom. The van der Waals surface area contributed by atoms with Gasteiger partial charge in [-0.2, -0.15) is 0 Å². The third-order valence-electron chi connectivity index (χ3n) is 4.96. The maximum Gasteiger partial charge on any atom is 0.191 e. The first kappa shape index (κ1) is 19.5. The Labute approximate surface area is 174 Å². The predicted molar refractivity (Wildman–Crippen MR) is 118 cm³/mol. The van der Waals surface area contributed by atoms with Crippen LogP contribution in [0.4, 0.5) is 0 Å². The van der Waals surface area contributed by atoms with Crippen LogP contribution in [0.5, 0.6) is 0 Å². The van der Waals surface area contributed by atoms with Gasteiger partial charge in [-0.05, 0) is 19.4 Å². The summed E-state index contributed by atoms with van der Waals surface area (Å²) >= 11 is 1.46. The number of para-hydroxylation sites is 1. The van der Waals surface area contributed by atoms with Gasteiger partial charge in [0.15, 0.2) is 16.8 Å².